The van der Waals surface area contributed by atoms with E-state index >= 15 is 0 Å². The number of carbonyl (C=O) groups excluding carboxylic acids is 1. The van der Waals surface area contributed by atoms with Crippen LogP contribution in [0.25, 0.3) is 10.9 Å². The number of ether oxygens (including phenoxy) is 2. The summed E-state index contributed by atoms with van der Waals surface area (Å²) in [4.78, 5) is 16.6. The van der Waals surface area contributed by atoms with Gasteiger partial charge in [0.2, 0.25) is 0 Å². The molecule has 1 aromatic heterocycles. The van der Waals surface area contributed by atoms with Crippen molar-refractivity contribution in [1.29, 1.82) is 0 Å². The van der Waals surface area contributed by atoms with Gasteiger partial charge in [-0.05, 0) is 60.7 Å². The number of nitrogens with one attached hydrogen (secondary N) is 3. The fourth-order valence-electron chi connectivity index (χ4n) is 3.20. The topological polar surface area (TPSA) is 84.5 Å². The molecule has 4 aromatic rings. The van der Waals surface area contributed by atoms with E-state index in [-0.39, 0.29) is 6.03 Å². The van der Waals surface area contributed by atoms with Crippen molar-refractivity contribution in [3.05, 3.63) is 77.9 Å². The average molecular weight is 449 g/mol. The Morgan fingerprint density at radius 1 is 0.812 bits per heavy atom. The Hall–Kier alpha value is -3.97. The normalized spacial score (nSPS) is 10.5. The lowest BCUT2D eigenvalue weighted by atomic mass is 10.1. The van der Waals surface area contributed by atoms with E-state index in [0.717, 1.165) is 22.3 Å². The number of fused-ring (bicyclic) bond motifs is 1. The molecule has 3 aromatic carbocycles. The molecular formula is C24H21ClN4O3. The molecule has 2 amide bonds. The third kappa shape index (κ3) is 4.84. The number of anilines is 4. The molecule has 0 unspecified atom stereocenters. The summed E-state index contributed by atoms with van der Waals surface area (Å²) in [6.07, 6.45) is 1.73. The van der Waals surface area contributed by atoms with Gasteiger partial charge in [-0.25, -0.2) is 4.79 Å². The van der Waals surface area contributed by atoms with E-state index in [9.17, 15) is 4.79 Å². The molecule has 3 N–H and O–H groups in total. The molecule has 0 saturated heterocycles. The Balaban J connectivity index is 1.47. The number of benzene rings is 3. The van der Waals surface area contributed by atoms with Crippen LogP contribution in [0.1, 0.15) is 0 Å². The number of methoxy groups -OCH3 is 2. The van der Waals surface area contributed by atoms with Crippen LogP contribution in [0.15, 0.2) is 72.9 Å². The fourth-order valence-corrected chi connectivity index (χ4v) is 3.33. The number of urea groups is 1. The molecule has 7 nitrogen and oxygen atoms in total. The standard InChI is InChI=1S/C24H21ClN4O3/c1-31-22-13-19-20(11-12-26-21(19)14-23(22)32-2)27-16-7-9-18(10-8-16)29-24(30)28-17-5-3-15(25)4-6-17/h3-14H,1-2H3,(H,26,27)(H2,28,29,30). The molecule has 0 radical (unpaired) electrons. The first-order valence-corrected chi connectivity index (χ1v) is 10.1. The maximum absolute atomic E-state index is 12.2. The van der Waals surface area contributed by atoms with Gasteiger partial charge >= 0.3 is 6.03 Å². The van der Waals surface area contributed by atoms with E-state index in [1.165, 1.54) is 0 Å². The number of rotatable bonds is 6. The van der Waals surface area contributed by atoms with E-state index in [2.05, 4.69) is 20.9 Å². The first-order chi connectivity index (χ1) is 15.6. The smallest absolute Gasteiger partial charge is 0.323 e. The summed E-state index contributed by atoms with van der Waals surface area (Å²) in [6.45, 7) is 0. The second kappa shape index (κ2) is 9.45. The zero-order valence-corrected chi connectivity index (χ0v) is 18.2. The number of hydrogen-bond acceptors (Lipinski definition) is 5. The highest BCUT2D eigenvalue weighted by molar-refractivity contribution is 6.30. The first kappa shape index (κ1) is 21.3. The van der Waals surface area contributed by atoms with Crippen LogP contribution in [0.2, 0.25) is 5.02 Å². The van der Waals surface area contributed by atoms with Crippen LogP contribution in [0.3, 0.4) is 0 Å². The summed E-state index contributed by atoms with van der Waals surface area (Å²) in [5.41, 5.74) is 3.83. The predicted octanol–water partition coefficient (Wildman–Crippen LogP) is 6.29. The molecule has 0 aliphatic carbocycles. The zero-order valence-electron chi connectivity index (χ0n) is 17.5. The van der Waals surface area contributed by atoms with Gasteiger partial charge in [0.05, 0.1) is 19.7 Å². The molecule has 0 saturated carbocycles. The second-order valence-corrected chi connectivity index (χ2v) is 7.31. The molecule has 0 bridgehead atoms. The number of carbonyl (C=O) groups is 1. The molecule has 0 aliphatic heterocycles. The largest absolute Gasteiger partial charge is 0.493 e. The monoisotopic (exact) mass is 448 g/mol. The Morgan fingerprint density at radius 2 is 1.38 bits per heavy atom. The minimum absolute atomic E-state index is 0.339. The molecule has 0 atom stereocenters. The van der Waals surface area contributed by atoms with Crippen LogP contribution in [0.5, 0.6) is 11.5 Å². The second-order valence-electron chi connectivity index (χ2n) is 6.87. The number of halogens is 1. The number of nitrogens with zero attached hydrogens (tertiary/aromatic N) is 1. The summed E-state index contributed by atoms with van der Waals surface area (Å²) >= 11 is 5.86. The quantitative estimate of drug-likeness (QED) is 0.322. The summed E-state index contributed by atoms with van der Waals surface area (Å²) in [6, 6.07) is 19.6. The van der Waals surface area contributed by atoms with Crippen LogP contribution in [-0.2, 0) is 0 Å². The van der Waals surface area contributed by atoms with Crippen molar-refractivity contribution in [1.82, 2.24) is 4.98 Å². The third-order valence-corrected chi connectivity index (χ3v) is 5.02. The van der Waals surface area contributed by atoms with Crippen molar-refractivity contribution in [3.63, 3.8) is 0 Å². The number of pyridine rings is 1. The fraction of sp³-hybridized carbons (Fsp3) is 0.0833. The van der Waals surface area contributed by atoms with Crippen molar-refractivity contribution < 1.29 is 14.3 Å². The van der Waals surface area contributed by atoms with Gasteiger partial charge in [-0.3, -0.25) is 4.98 Å². The minimum Gasteiger partial charge on any atom is -0.493 e. The van der Waals surface area contributed by atoms with Crippen molar-refractivity contribution >= 4 is 51.3 Å². The predicted molar refractivity (Wildman–Crippen MR) is 129 cm³/mol. The van der Waals surface area contributed by atoms with E-state index in [1.807, 2.05) is 42.5 Å². The van der Waals surface area contributed by atoms with Gasteiger partial charge in [0.15, 0.2) is 11.5 Å². The summed E-state index contributed by atoms with van der Waals surface area (Å²) in [5, 5.41) is 10.5. The summed E-state index contributed by atoms with van der Waals surface area (Å²) in [7, 11) is 3.19. The van der Waals surface area contributed by atoms with Crippen LogP contribution in [0, 0.1) is 0 Å². The first-order valence-electron chi connectivity index (χ1n) is 9.77. The number of aromatic nitrogens is 1. The Kier molecular flexibility index (Phi) is 6.28. The van der Waals surface area contributed by atoms with Crippen LogP contribution in [-0.4, -0.2) is 25.2 Å². The van der Waals surface area contributed by atoms with Crippen LogP contribution in [0.4, 0.5) is 27.5 Å². The lowest BCUT2D eigenvalue weighted by molar-refractivity contribution is 0.262. The number of hydrogen-bond donors (Lipinski definition) is 3. The molecule has 1 heterocycles. The highest BCUT2D eigenvalue weighted by Crippen LogP contribution is 2.35. The average Bonchev–Trinajstić information content (AvgIpc) is 2.81. The Morgan fingerprint density at radius 3 is 2.00 bits per heavy atom. The SMILES string of the molecule is COc1cc2nccc(Nc3ccc(NC(=O)Nc4ccc(Cl)cc4)cc3)c2cc1OC. The Bertz CT molecular complexity index is 1240. The molecule has 0 fully saturated rings. The Labute approximate surface area is 190 Å². The van der Waals surface area contributed by atoms with E-state index in [1.54, 1.807) is 44.7 Å². The van der Waals surface area contributed by atoms with Gasteiger partial charge in [-0.1, -0.05) is 11.6 Å². The highest BCUT2D eigenvalue weighted by atomic mass is 35.5. The van der Waals surface area contributed by atoms with Crippen molar-refractivity contribution in [2.45, 2.75) is 0 Å². The lowest BCUT2D eigenvalue weighted by Crippen LogP contribution is -2.19. The van der Waals surface area contributed by atoms with Crippen molar-refractivity contribution in [3.8, 4) is 11.5 Å². The molecular weight excluding hydrogens is 428 g/mol. The van der Waals surface area contributed by atoms with Gasteiger partial charge in [0.25, 0.3) is 0 Å². The van der Waals surface area contributed by atoms with Crippen LogP contribution < -0.4 is 25.4 Å². The summed E-state index contributed by atoms with van der Waals surface area (Å²) < 4.78 is 10.8. The molecule has 8 heteroatoms. The van der Waals surface area contributed by atoms with E-state index < -0.39 is 0 Å². The lowest BCUT2D eigenvalue weighted by Gasteiger charge is -2.13. The van der Waals surface area contributed by atoms with Gasteiger partial charge in [-0.2, -0.15) is 0 Å². The van der Waals surface area contributed by atoms with Crippen LogP contribution >= 0.6 is 11.6 Å². The van der Waals surface area contributed by atoms with Gasteiger partial charge in [-0.15, -0.1) is 0 Å². The van der Waals surface area contributed by atoms with Crippen molar-refractivity contribution in [2.75, 3.05) is 30.2 Å². The maximum atomic E-state index is 12.2. The molecule has 4 rings (SSSR count). The van der Waals surface area contributed by atoms with Gasteiger partial charge in [0, 0.05) is 45.4 Å². The number of amides is 2. The van der Waals surface area contributed by atoms with Gasteiger partial charge in [0.1, 0.15) is 0 Å². The maximum Gasteiger partial charge on any atom is 0.323 e. The van der Waals surface area contributed by atoms with Crippen molar-refractivity contribution in [2.24, 2.45) is 0 Å². The molecule has 162 valence electrons. The minimum atomic E-state index is -0.339. The highest BCUT2D eigenvalue weighted by Gasteiger charge is 2.10. The van der Waals surface area contributed by atoms with E-state index in [4.69, 9.17) is 21.1 Å². The van der Waals surface area contributed by atoms with E-state index in [0.29, 0.717) is 27.9 Å². The summed E-state index contributed by atoms with van der Waals surface area (Å²) in [5.74, 6) is 1.25. The van der Waals surface area contributed by atoms with Gasteiger partial charge < -0.3 is 25.4 Å². The zero-order chi connectivity index (χ0) is 22.5. The molecule has 0 aliphatic rings. The molecule has 32 heavy (non-hydrogen) atoms. The third-order valence-electron chi connectivity index (χ3n) is 4.77. The molecule has 0 spiro atoms.